The molecule has 3 aromatic rings. The standard InChI is InChI=1S/C20H18ClFN4O2/c1-13-2-5-15(21)12-18(13)24-20(27)23-10-11-28-19-9-8-17(25-26-19)14-3-6-16(22)7-4-14/h2-9,12H,10-11H2,1H3,(H2,23,24,27). The predicted molar refractivity (Wildman–Crippen MR) is 106 cm³/mol. The number of rotatable bonds is 6. The number of urea groups is 1. The van der Waals surface area contributed by atoms with Crippen LogP contribution in [-0.4, -0.2) is 29.4 Å². The van der Waals surface area contributed by atoms with E-state index in [1.807, 2.05) is 13.0 Å². The van der Waals surface area contributed by atoms with E-state index in [0.29, 0.717) is 22.3 Å². The second-order valence-corrected chi connectivity index (χ2v) is 6.39. The fraction of sp³-hybridized carbons (Fsp3) is 0.150. The lowest BCUT2D eigenvalue weighted by molar-refractivity contribution is 0.246. The average molecular weight is 401 g/mol. The minimum absolute atomic E-state index is 0.229. The molecule has 0 aliphatic rings. The molecular formula is C20H18ClFN4O2. The number of anilines is 1. The van der Waals surface area contributed by atoms with Crippen molar-refractivity contribution in [3.05, 3.63) is 71.0 Å². The zero-order chi connectivity index (χ0) is 19.9. The van der Waals surface area contributed by atoms with E-state index in [-0.39, 0.29) is 25.0 Å². The maximum absolute atomic E-state index is 13.0. The Hall–Kier alpha value is -3.19. The number of benzene rings is 2. The molecule has 2 aromatic carbocycles. The maximum atomic E-state index is 13.0. The maximum Gasteiger partial charge on any atom is 0.319 e. The van der Waals surface area contributed by atoms with Crippen LogP contribution in [0.15, 0.2) is 54.6 Å². The number of ether oxygens (including phenoxy) is 1. The lowest BCUT2D eigenvalue weighted by atomic mass is 10.1. The van der Waals surface area contributed by atoms with Crippen molar-refractivity contribution in [2.45, 2.75) is 6.92 Å². The van der Waals surface area contributed by atoms with Crippen molar-refractivity contribution in [3.8, 4) is 17.1 Å². The van der Waals surface area contributed by atoms with Gasteiger partial charge in [-0.25, -0.2) is 9.18 Å². The van der Waals surface area contributed by atoms with E-state index in [9.17, 15) is 9.18 Å². The highest BCUT2D eigenvalue weighted by molar-refractivity contribution is 6.31. The van der Waals surface area contributed by atoms with Gasteiger partial charge in [0.25, 0.3) is 0 Å². The Labute approximate surface area is 166 Å². The summed E-state index contributed by atoms with van der Waals surface area (Å²) in [5.41, 5.74) is 2.93. The monoisotopic (exact) mass is 400 g/mol. The summed E-state index contributed by atoms with van der Waals surface area (Å²) in [6.45, 7) is 2.39. The van der Waals surface area contributed by atoms with Crippen LogP contribution in [0.3, 0.4) is 0 Å². The Morgan fingerprint density at radius 3 is 2.61 bits per heavy atom. The molecule has 0 saturated heterocycles. The SMILES string of the molecule is Cc1ccc(Cl)cc1NC(=O)NCCOc1ccc(-c2ccc(F)cc2)nn1. The Balaban J connectivity index is 1.44. The second-order valence-electron chi connectivity index (χ2n) is 5.95. The largest absolute Gasteiger partial charge is 0.475 e. The molecule has 0 radical (unpaired) electrons. The number of hydrogen-bond donors (Lipinski definition) is 2. The molecule has 0 spiro atoms. The first-order chi connectivity index (χ1) is 13.5. The molecule has 0 aliphatic heterocycles. The quantitative estimate of drug-likeness (QED) is 0.599. The van der Waals surface area contributed by atoms with E-state index in [1.54, 1.807) is 36.4 Å². The van der Waals surface area contributed by atoms with Gasteiger partial charge in [0.2, 0.25) is 5.88 Å². The van der Waals surface area contributed by atoms with Crippen LogP contribution in [0, 0.1) is 12.7 Å². The van der Waals surface area contributed by atoms with Gasteiger partial charge in [-0.15, -0.1) is 10.2 Å². The number of aromatic nitrogens is 2. The number of carbonyl (C=O) groups excluding carboxylic acids is 1. The van der Waals surface area contributed by atoms with Crippen LogP contribution in [0.25, 0.3) is 11.3 Å². The van der Waals surface area contributed by atoms with Gasteiger partial charge >= 0.3 is 6.03 Å². The molecule has 0 aliphatic carbocycles. The van der Waals surface area contributed by atoms with Gasteiger partial charge in [0.15, 0.2) is 0 Å². The number of nitrogens with one attached hydrogen (secondary N) is 2. The van der Waals surface area contributed by atoms with Gasteiger partial charge < -0.3 is 15.4 Å². The fourth-order valence-electron chi connectivity index (χ4n) is 2.39. The topological polar surface area (TPSA) is 76.1 Å². The van der Waals surface area contributed by atoms with Crippen molar-refractivity contribution >= 4 is 23.3 Å². The zero-order valence-corrected chi connectivity index (χ0v) is 15.8. The van der Waals surface area contributed by atoms with Crippen molar-refractivity contribution in [3.63, 3.8) is 0 Å². The van der Waals surface area contributed by atoms with E-state index >= 15 is 0 Å². The summed E-state index contributed by atoms with van der Waals surface area (Å²) >= 11 is 5.93. The molecule has 0 saturated carbocycles. The lowest BCUT2D eigenvalue weighted by Gasteiger charge is -2.10. The minimum atomic E-state index is -0.355. The van der Waals surface area contributed by atoms with Crippen LogP contribution in [0.4, 0.5) is 14.9 Å². The molecule has 0 unspecified atom stereocenters. The number of aryl methyl sites for hydroxylation is 1. The molecule has 1 aromatic heterocycles. The summed E-state index contributed by atoms with van der Waals surface area (Å²) in [4.78, 5) is 11.9. The summed E-state index contributed by atoms with van der Waals surface area (Å²) in [5, 5.41) is 14.0. The molecule has 8 heteroatoms. The molecule has 2 amide bonds. The van der Waals surface area contributed by atoms with Gasteiger partial charge in [0.05, 0.1) is 12.2 Å². The van der Waals surface area contributed by atoms with E-state index in [0.717, 1.165) is 11.1 Å². The molecule has 1 heterocycles. The minimum Gasteiger partial charge on any atom is -0.475 e. The van der Waals surface area contributed by atoms with Gasteiger partial charge in [0.1, 0.15) is 12.4 Å². The van der Waals surface area contributed by atoms with Gasteiger partial charge in [0, 0.05) is 22.3 Å². The van der Waals surface area contributed by atoms with Crippen LogP contribution < -0.4 is 15.4 Å². The van der Waals surface area contributed by atoms with Crippen LogP contribution >= 0.6 is 11.6 Å². The molecule has 0 atom stereocenters. The van der Waals surface area contributed by atoms with Crippen molar-refractivity contribution in [2.24, 2.45) is 0 Å². The van der Waals surface area contributed by atoms with Crippen molar-refractivity contribution in [1.29, 1.82) is 0 Å². The first-order valence-electron chi connectivity index (χ1n) is 8.55. The third-order valence-electron chi connectivity index (χ3n) is 3.87. The number of halogens is 2. The molecule has 0 bridgehead atoms. The third-order valence-corrected chi connectivity index (χ3v) is 4.10. The Kier molecular flexibility index (Phi) is 6.39. The summed E-state index contributed by atoms with van der Waals surface area (Å²) < 4.78 is 18.4. The summed E-state index contributed by atoms with van der Waals surface area (Å²) in [5.74, 6) is 0.0254. The van der Waals surface area contributed by atoms with Gasteiger partial charge in [-0.2, -0.15) is 0 Å². The van der Waals surface area contributed by atoms with Crippen LogP contribution in [0.2, 0.25) is 5.02 Å². The van der Waals surface area contributed by atoms with Crippen LogP contribution in [0.1, 0.15) is 5.56 Å². The molecule has 3 rings (SSSR count). The number of amides is 2. The fourth-order valence-corrected chi connectivity index (χ4v) is 2.56. The van der Waals surface area contributed by atoms with E-state index in [1.165, 1.54) is 12.1 Å². The first-order valence-corrected chi connectivity index (χ1v) is 8.92. The zero-order valence-electron chi connectivity index (χ0n) is 15.1. The lowest BCUT2D eigenvalue weighted by Crippen LogP contribution is -2.32. The van der Waals surface area contributed by atoms with Crippen LogP contribution in [-0.2, 0) is 0 Å². The average Bonchev–Trinajstić information content (AvgIpc) is 2.69. The van der Waals surface area contributed by atoms with Gasteiger partial charge in [-0.05, 0) is 55.0 Å². The second kappa shape index (κ2) is 9.14. The highest BCUT2D eigenvalue weighted by Gasteiger charge is 2.06. The summed E-state index contributed by atoms with van der Waals surface area (Å²) in [6.07, 6.45) is 0. The predicted octanol–water partition coefficient (Wildman–Crippen LogP) is 4.45. The normalized spacial score (nSPS) is 10.4. The van der Waals surface area contributed by atoms with Gasteiger partial charge in [-0.1, -0.05) is 17.7 Å². The molecule has 144 valence electrons. The van der Waals surface area contributed by atoms with Crippen molar-refractivity contribution in [2.75, 3.05) is 18.5 Å². The molecular weight excluding hydrogens is 383 g/mol. The van der Waals surface area contributed by atoms with E-state index in [2.05, 4.69) is 20.8 Å². The molecule has 2 N–H and O–H groups in total. The van der Waals surface area contributed by atoms with E-state index < -0.39 is 0 Å². The number of hydrogen-bond acceptors (Lipinski definition) is 4. The van der Waals surface area contributed by atoms with Gasteiger partial charge in [-0.3, -0.25) is 0 Å². The summed E-state index contributed by atoms with van der Waals surface area (Å²) in [7, 11) is 0. The Morgan fingerprint density at radius 2 is 1.89 bits per heavy atom. The van der Waals surface area contributed by atoms with Crippen molar-refractivity contribution < 1.29 is 13.9 Å². The molecule has 6 nitrogen and oxygen atoms in total. The Morgan fingerprint density at radius 1 is 1.11 bits per heavy atom. The third kappa shape index (κ3) is 5.40. The van der Waals surface area contributed by atoms with Crippen molar-refractivity contribution in [1.82, 2.24) is 15.5 Å². The smallest absolute Gasteiger partial charge is 0.319 e. The highest BCUT2D eigenvalue weighted by atomic mass is 35.5. The van der Waals surface area contributed by atoms with E-state index in [4.69, 9.17) is 16.3 Å². The first kappa shape index (κ1) is 19.6. The molecule has 0 fully saturated rings. The highest BCUT2D eigenvalue weighted by Crippen LogP contribution is 2.20. The summed E-state index contributed by atoms with van der Waals surface area (Å²) in [6, 6.07) is 14.3. The Bertz CT molecular complexity index is 949. The van der Waals surface area contributed by atoms with Crippen LogP contribution in [0.5, 0.6) is 5.88 Å². The number of carbonyl (C=O) groups is 1. The molecule has 28 heavy (non-hydrogen) atoms. The number of nitrogens with zero attached hydrogens (tertiary/aromatic N) is 2.